The zero-order valence-corrected chi connectivity index (χ0v) is 9.55. The minimum Gasteiger partial charge on any atom is -0.491 e. The largest absolute Gasteiger partial charge is 0.491 e. The molecule has 98 valence electrons. The second-order valence-electron chi connectivity index (χ2n) is 3.94. The summed E-state index contributed by atoms with van der Waals surface area (Å²) in [5.74, 6) is -1.78. The van der Waals surface area contributed by atoms with Crippen LogP contribution < -0.4 is 16.2 Å². The van der Waals surface area contributed by atoms with Crippen LogP contribution in [0.1, 0.15) is 6.92 Å². The topological polar surface area (TPSA) is 121 Å². The lowest BCUT2D eigenvalue weighted by atomic mass is 10.1. The number of nitrogens with zero attached hydrogens (tertiary/aromatic N) is 1. The van der Waals surface area contributed by atoms with Gasteiger partial charge in [-0.1, -0.05) is 0 Å². The van der Waals surface area contributed by atoms with E-state index in [-0.39, 0.29) is 12.4 Å². The number of hydrogen-bond donors (Lipinski definition) is 2. The highest BCUT2D eigenvalue weighted by atomic mass is 19.1. The van der Waals surface area contributed by atoms with Crippen molar-refractivity contribution in [1.29, 1.82) is 0 Å². The van der Waals surface area contributed by atoms with Crippen molar-refractivity contribution in [2.24, 2.45) is 11.5 Å². The van der Waals surface area contributed by atoms with Gasteiger partial charge in [0.1, 0.15) is 17.9 Å². The van der Waals surface area contributed by atoms with Gasteiger partial charge in [0.15, 0.2) is 0 Å². The van der Waals surface area contributed by atoms with E-state index in [2.05, 4.69) is 0 Å². The highest BCUT2D eigenvalue weighted by Gasteiger charge is 2.27. The van der Waals surface area contributed by atoms with Gasteiger partial charge >= 0.3 is 5.69 Å². The number of nitrogens with two attached hydrogens (primary N) is 2. The van der Waals surface area contributed by atoms with Crippen LogP contribution in [0, 0.1) is 15.9 Å². The molecule has 4 N–H and O–H groups in total. The molecule has 0 aliphatic heterocycles. The summed E-state index contributed by atoms with van der Waals surface area (Å²) in [7, 11) is 0. The van der Waals surface area contributed by atoms with Gasteiger partial charge in [0.05, 0.1) is 4.92 Å². The zero-order chi connectivity index (χ0) is 13.9. The van der Waals surface area contributed by atoms with Crippen molar-refractivity contribution >= 4 is 11.6 Å². The quantitative estimate of drug-likeness (QED) is 0.580. The van der Waals surface area contributed by atoms with E-state index < -0.39 is 27.9 Å². The summed E-state index contributed by atoms with van der Waals surface area (Å²) in [6.07, 6.45) is 0. The van der Waals surface area contributed by atoms with Gasteiger partial charge in [-0.05, 0) is 13.0 Å². The highest BCUT2D eigenvalue weighted by molar-refractivity contribution is 5.84. The first kappa shape index (κ1) is 13.8. The number of rotatable bonds is 5. The Morgan fingerprint density at radius 1 is 1.61 bits per heavy atom. The van der Waals surface area contributed by atoms with Crippen LogP contribution >= 0.6 is 0 Å². The molecule has 7 nitrogen and oxygen atoms in total. The summed E-state index contributed by atoms with van der Waals surface area (Å²) in [6.45, 7) is 1.09. The molecule has 0 spiro atoms. The van der Waals surface area contributed by atoms with Gasteiger partial charge in [0.2, 0.25) is 11.7 Å². The van der Waals surface area contributed by atoms with Crippen molar-refractivity contribution in [2.75, 3.05) is 6.61 Å². The number of nitro groups is 1. The number of amides is 1. The number of ether oxygens (including phenoxy) is 1. The lowest BCUT2D eigenvalue weighted by Gasteiger charge is -2.20. The Kier molecular flexibility index (Phi) is 3.82. The second-order valence-corrected chi connectivity index (χ2v) is 3.94. The molecule has 1 aromatic carbocycles. The molecule has 0 heterocycles. The van der Waals surface area contributed by atoms with Gasteiger partial charge in [0, 0.05) is 12.1 Å². The van der Waals surface area contributed by atoms with E-state index >= 15 is 0 Å². The fourth-order valence-corrected chi connectivity index (χ4v) is 1.03. The average molecular weight is 257 g/mol. The first-order valence-electron chi connectivity index (χ1n) is 4.89. The van der Waals surface area contributed by atoms with Gasteiger partial charge in [0.25, 0.3) is 0 Å². The highest BCUT2D eigenvalue weighted by Crippen LogP contribution is 2.22. The second kappa shape index (κ2) is 4.96. The van der Waals surface area contributed by atoms with Crippen LogP contribution in [0.4, 0.5) is 10.1 Å². The summed E-state index contributed by atoms with van der Waals surface area (Å²) in [5.41, 5.74) is 8.48. The van der Waals surface area contributed by atoms with Crippen LogP contribution in [0.5, 0.6) is 5.75 Å². The van der Waals surface area contributed by atoms with E-state index in [1.54, 1.807) is 0 Å². The average Bonchev–Trinajstić information content (AvgIpc) is 2.25. The maximum atomic E-state index is 13.2. The summed E-state index contributed by atoms with van der Waals surface area (Å²) in [4.78, 5) is 20.4. The van der Waals surface area contributed by atoms with Crippen LogP contribution in [0.15, 0.2) is 18.2 Å². The third kappa shape index (κ3) is 3.14. The standard InChI is InChI=1S/C10H12FN3O4/c1-10(13,9(12)15)5-18-6-2-3-8(14(16)17)7(11)4-6/h2-4H,5,13H2,1H3,(H2,12,15). The first-order valence-corrected chi connectivity index (χ1v) is 4.89. The molecule has 0 aromatic heterocycles. The molecule has 0 saturated heterocycles. The van der Waals surface area contributed by atoms with Crippen molar-refractivity contribution < 1.29 is 18.8 Å². The molecular weight excluding hydrogens is 245 g/mol. The third-order valence-corrected chi connectivity index (χ3v) is 2.22. The van der Waals surface area contributed by atoms with E-state index in [9.17, 15) is 19.3 Å². The van der Waals surface area contributed by atoms with Gasteiger partial charge in [-0.25, -0.2) is 0 Å². The number of hydrogen-bond acceptors (Lipinski definition) is 5. The maximum absolute atomic E-state index is 13.2. The molecule has 0 aliphatic rings. The van der Waals surface area contributed by atoms with Crippen LogP contribution in [-0.2, 0) is 4.79 Å². The monoisotopic (exact) mass is 257 g/mol. The summed E-state index contributed by atoms with van der Waals surface area (Å²) in [5, 5.41) is 10.4. The van der Waals surface area contributed by atoms with Gasteiger partial charge < -0.3 is 16.2 Å². The molecule has 1 amide bonds. The number of nitro benzene ring substituents is 1. The Labute approximate surface area is 102 Å². The van der Waals surface area contributed by atoms with E-state index in [0.717, 1.165) is 12.1 Å². The Hall–Kier alpha value is -2.22. The summed E-state index contributed by atoms with van der Waals surface area (Å²) in [6, 6.07) is 3.01. The molecule has 0 fully saturated rings. The molecule has 18 heavy (non-hydrogen) atoms. The SMILES string of the molecule is CC(N)(COc1ccc([N+](=O)[O-])c(F)c1)C(N)=O. The van der Waals surface area contributed by atoms with Gasteiger partial charge in [-0.3, -0.25) is 14.9 Å². The summed E-state index contributed by atoms with van der Waals surface area (Å²) < 4.78 is 18.3. The predicted octanol–water partition coefficient (Wildman–Crippen LogP) is 0.315. The molecular formula is C10H12FN3O4. The van der Waals surface area contributed by atoms with Crippen molar-refractivity contribution in [3.05, 3.63) is 34.1 Å². The number of carbonyl (C=O) groups is 1. The Morgan fingerprint density at radius 2 is 2.22 bits per heavy atom. The summed E-state index contributed by atoms with van der Waals surface area (Å²) >= 11 is 0. The molecule has 0 radical (unpaired) electrons. The van der Waals surface area contributed by atoms with Crippen LogP contribution in [0.3, 0.4) is 0 Å². The van der Waals surface area contributed by atoms with Crippen LogP contribution in [0.2, 0.25) is 0 Å². The first-order chi connectivity index (χ1) is 8.24. The fourth-order valence-electron chi connectivity index (χ4n) is 1.03. The molecule has 1 rings (SSSR count). The van der Waals surface area contributed by atoms with Crippen molar-refractivity contribution in [2.45, 2.75) is 12.5 Å². The lowest BCUT2D eigenvalue weighted by Crippen LogP contribution is -2.53. The molecule has 0 aliphatic carbocycles. The van der Waals surface area contributed by atoms with Crippen molar-refractivity contribution in [1.82, 2.24) is 0 Å². The van der Waals surface area contributed by atoms with Crippen LogP contribution in [0.25, 0.3) is 0 Å². The molecule has 8 heteroatoms. The fraction of sp³-hybridized carbons (Fsp3) is 0.300. The van der Waals surface area contributed by atoms with E-state index in [0.29, 0.717) is 0 Å². The molecule has 1 aromatic rings. The van der Waals surface area contributed by atoms with E-state index in [4.69, 9.17) is 16.2 Å². The maximum Gasteiger partial charge on any atom is 0.305 e. The molecule has 1 atom stereocenters. The minimum absolute atomic E-state index is 0.0241. The van der Waals surface area contributed by atoms with Crippen molar-refractivity contribution in [3.63, 3.8) is 0 Å². The molecule has 0 saturated carbocycles. The Morgan fingerprint density at radius 3 is 2.67 bits per heavy atom. The number of benzene rings is 1. The van der Waals surface area contributed by atoms with Crippen LogP contribution in [-0.4, -0.2) is 23.0 Å². The molecule has 1 unspecified atom stereocenters. The smallest absolute Gasteiger partial charge is 0.305 e. The number of halogens is 1. The number of carbonyl (C=O) groups excluding carboxylic acids is 1. The van der Waals surface area contributed by atoms with E-state index in [1.165, 1.54) is 13.0 Å². The Bertz CT molecular complexity index is 490. The third-order valence-electron chi connectivity index (χ3n) is 2.22. The van der Waals surface area contributed by atoms with Crippen molar-refractivity contribution in [3.8, 4) is 5.75 Å². The number of primary amides is 1. The normalized spacial score (nSPS) is 13.7. The van der Waals surface area contributed by atoms with Gasteiger partial charge in [-0.15, -0.1) is 0 Å². The zero-order valence-electron chi connectivity index (χ0n) is 9.55. The Balaban J connectivity index is 2.79. The van der Waals surface area contributed by atoms with E-state index in [1.807, 2.05) is 0 Å². The van der Waals surface area contributed by atoms with Gasteiger partial charge in [-0.2, -0.15) is 4.39 Å². The lowest BCUT2D eigenvalue weighted by molar-refractivity contribution is -0.387. The minimum atomic E-state index is -1.40. The molecule has 0 bridgehead atoms. The predicted molar refractivity (Wildman–Crippen MR) is 60.3 cm³/mol.